The van der Waals surface area contributed by atoms with Gasteiger partial charge in [0.25, 0.3) is 0 Å². The van der Waals surface area contributed by atoms with Crippen molar-refractivity contribution in [3.8, 4) is 17.2 Å². The summed E-state index contributed by atoms with van der Waals surface area (Å²) in [6.07, 6.45) is 0.0270. The van der Waals surface area contributed by atoms with Crippen LogP contribution in [-0.2, 0) is 0 Å². The summed E-state index contributed by atoms with van der Waals surface area (Å²) in [7, 11) is 3.18. The molecule has 1 aliphatic heterocycles. The summed E-state index contributed by atoms with van der Waals surface area (Å²) in [5.41, 5.74) is 1.55. The first kappa shape index (κ1) is 13.5. The van der Waals surface area contributed by atoms with E-state index >= 15 is 0 Å². The van der Waals surface area contributed by atoms with E-state index in [-0.39, 0.29) is 11.9 Å². The summed E-state index contributed by atoms with van der Waals surface area (Å²) in [5.74, 6) is 2.01. The van der Waals surface area contributed by atoms with E-state index in [1.54, 1.807) is 20.3 Å². The zero-order valence-electron chi connectivity index (χ0n) is 12.0. The number of carbonyl (C=O) groups excluding carboxylic acids is 1. The third kappa shape index (κ3) is 2.44. The van der Waals surface area contributed by atoms with Gasteiger partial charge in [0.15, 0.2) is 17.3 Å². The van der Waals surface area contributed by atoms with Gasteiger partial charge in [0.2, 0.25) is 0 Å². The van der Waals surface area contributed by atoms with Crippen molar-refractivity contribution in [2.24, 2.45) is 0 Å². The predicted octanol–water partition coefficient (Wildman–Crippen LogP) is 3.41. The molecule has 108 valence electrons. The van der Waals surface area contributed by atoms with Crippen molar-refractivity contribution in [2.75, 3.05) is 14.2 Å². The summed E-state index contributed by atoms with van der Waals surface area (Å²) < 4.78 is 16.5. The Labute approximate surface area is 123 Å². The van der Waals surface area contributed by atoms with E-state index in [4.69, 9.17) is 14.2 Å². The van der Waals surface area contributed by atoms with Crippen molar-refractivity contribution < 1.29 is 19.0 Å². The summed E-state index contributed by atoms with van der Waals surface area (Å²) in [6.45, 7) is 0. The second-order valence-corrected chi connectivity index (χ2v) is 4.84. The Kier molecular flexibility index (Phi) is 3.52. The van der Waals surface area contributed by atoms with Crippen molar-refractivity contribution in [3.05, 3.63) is 53.6 Å². The summed E-state index contributed by atoms with van der Waals surface area (Å²) in [4.78, 5) is 12.2. The molecule has 0 N–H and O–H groups in total. The number of Topliss-reactive ketones (excluding diaryl/α,β-unsaturated/α-hetero) is 1. The average Bonchev–Trinajstić information content (AvgIpc) is 2.54. The van der Waals surface area contributed by atoms with E-state index in [1.807, 2.05) is 36.4 Å². The summed E-state index contributed by atoms with van der Waals surface area (Å²) in [5, 5.41) is 0. The molecule has 1 atom stereocenters. The third-order valence-corrected chi connectivity index (χ3v) is 3.61. The number of ether oxygens (including phenoxy) is 3. The molecule has 0 amide bonds. The van der Waals surface area contributed by atoms with Gasteiger partial charge in [-0.2, -0.15) is 0 Å². The molecule has 0 spiro atoms. The first-order valence-corrected chi connectivity index (χ1v) is 6.73. The maximum Gasteiger partial charge on any atom is 0.170 e. The zero-order chi connectivity index (χ0) is 14.8. The number of rotatable bonds is 3. The number of ketones is 1. The number of methoxy groups -OCH3 is 2. The van der Waals surface area contributed by atoms with Gasteiger partial charge < -0.3 is 14.2 Å². The monoisotopic (exact) mass is 284 g/mol. The van der Waals surface area contributed by atoms with Crippen LogP contribution in [0.5, 0.6) is 17.2 Å². The molecule has 4 heteroatoms. The Morgan fingerprint density at radius 2 is 1.81 bits per heavy atom. The number of hydrogen-bond acceptors (Lipinski definition) is 4. The summed E-state index contributed by atoms with van der Waals surface area (Å²) >= 11 is 0. The van der Waals surface area contributed by atoms with Crippen molar-refractivity contribution in [2.45, 2.75) is 12.5 Å². The molecule has 2 aromatic carbocycles. The van der Waals surface area contributed by atoms with Crippen LogP contribution in [0.4, 0.5) is 0 Å². The van der Waals surface area contributed by atoms with Crippen LogP contribution in [-0.4, -0.2) is 20.0 Å². The maximum atomic E-state index is 12.2. The van der Waals surface area contributed by atoms with Crippen LogP contribution in [0, 0.1) is 0 Å². The van der Waals surface area contributed by atoms with Crippen molar-refractivity contribution in [1.82, 2.24) is 0 Å². The molecule has 3 rings (SSSR count). The Bertz CT molecular complexity index is 678. The fourth-order valence-corrected chi connectivity index (χ4v) is 2.51. The first-order valence-electron chi connectivity index (χ1n) is 6.73. The second-order valence-electron chi connectivity index (χ2n) is 4.84. The SMILES string of the molecule is COc1ccc([C@H]2CC(=O)c3ccccc3O2)cc1OC. The van der Waals surface area contributed by atoms with Crippen LogP contribution in [0.1, 0.15) is 28.4 Å². The van der Waals surface area contributed by atoms with Gasteiger partial charge in [-0.15, -0.1) is 0 Å². The van der Waals surface area contributed by atoms with Gasteiger partial charge in [-0.1, -0.05) is 18.2 Å². The van der Waals surface area contributed by atoms with E-state index in [0.29, 0.717) is 29.2 Å². The van der Waals surface area contributed by atoms with Gasteiger partial charge in [0.1, 0.15) is 11.9 Å². The number of fused-ring (bicyclic) bond motifs is 1. The summed E-state index contributed by atoms with van der Waals surface area (Å²) in [6, 6.07) is 12.9. The molecule has 0 fully saturated rings. The van der Waals surface area contributed by atoms with Crippen LogP contribution in [0.15, 0.2) is 42.5 Å². The topological polar surface area (TPSA) is 44.8 Å². The number of benzene rings is 2. The number of hydrogen-bond donors (Lipinski definition) is 0. The molecule has 0 bridgehead atoms. The van der Waals surface area contributed by atoms with Gasteiger partial charge in [-0.25, -0.2) is 0 Å². The van der Waals surface area contributed by atoms with Crippen molar-refractivity contribution in [1.29, 1.82) is 0 Å². The molecule has 0 unspecified atom stereocenters. The molecule has 0 saturated heterocycles. The van der Waals surface area contributed by atoms with E-state index in [2.05, 4.69) is 0 Å². The molecule has 0 aliphatic carbocycles. The molecule has 0 radical (unpaired) electrons. The Hall–Kier alpha value is -2.49. The van der Waals surface area contributed by atoms with Crippen molar-refractivity contribution >= 4 is 5.78 Å². The maximum absolute atomic E-state index is 12.2. The van der Waals surface area contributed by atoms with Gasteiger partial charge in [-0.05, 0) is 29.8 Å². The highest BCUT2D eigenvalue weighted by atomic mass is 16.5. The van der Waals surface area contributed by atoms with Crippen LogP contribution in [0.2, 0.25) is 0 Å². The van der Waals surface area contributed by atoms with E-state index < -0.39 is 0 Å². The Morgan fingerprint density at radius 1 is 1.05 bits per heavy atom. The highest BCUT2D eigenvalue weighted by molar-refractivity contribution is 5.99. The average molecular weight is 284 g/mol. The van der Waals surface area contributed by atoms with Gasteiger partial charge in [-0.3, -0.25) is 4.79 Å². The lowest BCUT2D eigenvalue weighted by Gasteiger charge is -2.25. The van der Waals surface area contributed by atoms with E-state index in [0.717, 1.165) is 5.56 Å². The van der Waals surface area contributed by atoms with Crippen LogP contribution in [0.3, 0.4) is 0 Å². The van der Waals surface area contributed by atoms with Crippen LogP contribution < -0.4 is 14.2 Å². The normalized spacial score (nSPS) is 16.9. The molecule has 0 saturated carbocycles. The highest BCUT2D eigenvalue weighted by Gasteiger charge is 2.27. The van der Waals surface area contributed by atoms with E-state index in [1.165, 1.54) is 0 Å². The molecular formula is C17H16O4. The first-order chi connectivity index (χ1) is 10.2. The van der Waals surface area contributed by atoms with Crippen molar-refractivity contribution in [3.63, 3.8) is 0 Å². The Balaban J connectivity index is 1.94. The predicted molar refractivity (Wildman–Crippen MR) is 78.3 cm³/mol. The minimum absolute atomic E-state index is 0.0941. The highest BCUT2D eigenvalue weighted by Crippen LogP contribution is 2.37. The quantitative estimate of drug-likeness (QED) is 0.866. The van der Waals surface area contributed by atoms with Gasteiger partial charge in [0.05, 0.1) is 26.2 Å². The molecular weight excluding hydrogens is 268 g/mol. The molecule has 21 heavy (non-hydrogen) atoms. The lowest BCUT2D eigenvalue weighted by atomic mass is 9.96. The minimum atomic E-state index is -0.299. The fraction of sp³-hybridized carbons (Fsp3) is 0.235. The minimum Gasteiger partial charge on any atom is -0.493 e. The second kappa shape index (κ2) is 5.48. The molecule has 0 aromatic heterocycles. The zero-order valence-corrected chi connectivity index (χ0v) is 12.0. The van der Waals surface area contributed by atoms with Gasteiger partial charge >= 0.3 is 0 Å². The molecule has 1 aliphatic rings. The molecule has 4 nitrogen and oxygen atoms in total. The lowest BCUT2D eigenvalue weighted by molar-refractivity contribution is 0.0849. The van der Waals surface area contributed by atoms with Gasteiger partial charge in [0, 0.05) is 0 Å². The smallest absolute Gasteiger partial charge is 0.170 e. The number of carbonyl (C=O) groups is 1. The lowest BCUT2D eigenvalue weighted by Crippen LogP contribution is -2.20. The largest absolute Gasteiger partial charge is 0.493 e. The fourth-order valence-electron chi connectivity index (χ4n) is 2.51. The van der Waals surface area contributed by atoms with Crippen LogP contribution >= 0.6 is 0 Å². The molecule has 2 aromatic rings. The standard InChI is InChI=1S/C17H16O4/c1-19-15-8-7-11(9-17(15)20-2)16-10-13(18)12-5-3-4-6-14(12)21-16/h3-9,16H,10H2,1-2H3/t16-/m1/s1. The third-order valence-electron chi connectivity index (χ3n) is 3.61. The number of para-hydroxylation sites is 1. The Morgan fingerprint density at radius 3 is 2.57 bits per heavy atom. The molecule has 1 heterocycles. The van der Waals surface area contributed by atoms with Crippen LogP contribution in [0.25, 0.3) is 0 Å². The van der Waals surface area contributed by atoms with E-state index in [9.17, 15) is 4.79 Å².